The van der Waals surface area contributed by atoms with E-state index in [0.29, 0.717) is 29.9 Å². The Hall–Kier alpha value is -2.35. The fraction of sp³-hybridized carbons (Fsp3) is 0.444. The highest BCUT2D eigenvalue weighted by Crippen LogP contribution is 2.29. The summed E-state index contributed by atoms with van der Waals surface area (Å²) in [7, 11) is -3.45. The first kappa shape index (κ1) is 20.0. The van der Waals surface area contributed by atoms with E-state index in [1.54, 1.807) is 13.8 Å². The lowest BCUT2D eigenvalue weighted by Crippen LogP contribution is -2.22. The van der Waals surface area contributed by atoms with Crippen molar-refractivity contribution < 1.29 is 13.2 Å². The molecule has 1 heterocycles. The maximum atomic E-state index is 12.8. The second kappa shape index (κ2) is 7.90. The minimum atomic E-state index is -3.45. The van der Waals surface area contributed by atoms with Gasteiger partial charge >= 0.3 is 0 Å². The summed E-state index contributed by atoms with van der Waals surface area (Å²) in [6.45, 7) is 6.57. The van der Waals surface area contributed by atoms with E-state index in [4.69, 9.17) is 0 Å². The van der Waals surface area contributed by atoms with Crippen molar-refractivity contribution in [1.29, 1.82) is 0 Å². The van der Waals surface area contributed by atoms with Crippen LogP contribution in [0.15, 0.2) is 28.0 Å². The number of benzene rings is 1. The molecule has 8 heteroatoms. The normalized spacial score (nSPS) is 11.5. The molecule has 7 nitrogen and oxygen atoms in total. The molecule has 0 amide bonds. The van der Waals surface area contributed by atoms with Gasteiger partial charge in [-0.2, -0.15) is 0 Å². The van der Waals surface area contributed by atoms with Gasteiger partial charge in [-0.25, -0.2) is 8.42 Å². The summed E-state index contributed by atoms with van der Waals surface area (Å²) in [4.78, 5) is 25.3. The summed E-state index contributed by atoms with van der Waals surface area (Å²) in [6, 6.07) is 2.90. The molecule has 1 aromatic carbocycles. The van der Waals surface area contributed by atoms with Crippen molar-refractivity contribution in [3.8, 4) is 0 Å². The highest BCUT2D eigenvalue weighted by molar-refractivity contribution is 7.90. The number of aryl methyl sites for hydroxylation is 1. The third-order valence-corrected chi connectivity index (χ3v) is 5.44. The lowest BCUT2D eigenvalue weighted by Gasteiger charge is -2.16. The number of carbonyl (C=O) groups excluding carboxylic acids is 1. The van der Waals surface area contributed by atoms with Crippen LogP contribution in [-0.2, 0) is 16.4 Å². The number of ketones is 1. The molecular weight excluding hydrogens is 354 g/mol. The van der Waals surface area contributed by atoms with Crippen LogP contribution in [-0.4, -0.2) is 36.8 Å². The third-order valence-electron chi connectivity index (χ3n) is 4.30. The minimum Gasteiger partial charge on any atom is -0.384 e. The zero-order valence-electron chi connectivity index (χ0n) is 15.5. The Morgan fingerprint density at radius 2 is 1.92 bits per heavy atom. The number of sulfone groups is 1. The molecule has 142 valence electrons. The molecule has 0 aliphatic heterocycles. The third kappa shape index (κ3) is 3.90. The number of nitrogens with zero attached hydrogens (tertiary/aromatic N) is 1. The van der Waals surface area contributed by atoms with Gasteiger partial charge in [-0.1, -0.05) is 13.3 Å². The van der Waals surface area contributed by atoms with Crippen molar-refractivity contribution in [2.45, 2.75) is 45.1 Å². The first-order valence-electron chi connectivity index (χ1n) is 8.62. The first-order valence-corrected chi connectivity index (χ1v) is 10.5. The maximum absolute atomic E-state index is 12.8. The van der Waals surface area contributed by atoms with Gasteiger partial charge in [-0.15, -0.1) is 0 Å². The summed E-state index contributed by atoms with van der Waals surface area (Å²) in [5, 5.41) is 5.90. The van der Waals surface area contributed by atoms with Crippen LogP contribution in [0.2, 0.25) is 0 Å². The highest BCUT2D eigenvalue weighted by Gasteiger charge is 2.23. The number of anilines is 1. The van der Waals surface area contributed by atoms with Crippen LogP contribution in [0.5, 0.6) is 0 Å². The predicted molar refractivity (Wildman–Crippen MR) is 102 cm³/mol. The molecule has 0 bridgehead atoms. The fourth-order valence-corrected chi connectivity index (χ4v) is 3.71. The van der Waals surface area contributed by atoms with Gasteiger partial charge in [0.15, 0.2) is 9.84 Å². The number of hydrogen-bond acceptors (Lipinski definition) is 5. The van der Waals surface area contributed by atoms with E-state index in [1.165, 1.54) is 23.0 Å². The van der Waals surface area contributed by atoms with Crippen LogP contribution in [0.1, 0.15) is 48.2 Å². The number of aromatic nitrogens is 2. The van der Waals surface area contributed by atoms with Crippen LogP contribution < -0.4 is 10.9 Å². The van der Waals surface area contributed by atoms with E-state index >= 15 is 0 Å². The number of nitrogens with one attached hydrogen (secondary N) is 2. The zero-order chi connectivity index (χ0) is 19.5. The number of carbonyl (C=O) groups is 1. The molecule has 0 unspecified atom stereocenters. The Morgan fingerprint density at radius 1 is 1.23 bits per heavy atom. The lowest BCUT2D eigenvalue weighted by atomic mass is 9.99. The molecule has 2 N–H and O–H groups in total. The van der Waals surface area contributed by atoms with Crippen molar-refractivity contribution in [2.75, 3.05) is 18.1 Å². The topological polar surface area (TPSA) is 101 Å². The van der Waals surface area contributed by atoms with E-state index in [0.717, 1.165) is 19.1 Å². The van der Waals surface area contributed by atoms with Gasteiger partial charge in [0.25, 0.3) is 5.56 Å². The summed E-state index contributed by atoms with van der Waals surface area (Å²) in [5.74, 6) is -0.422. The Balaban J connectivity index is 2.56. The number of H-pyrrole nitrogens is 1. The van der Waals surface area contributed by atoms with Gasteiger partial charge in [0, 0.05) is 31.1 Å². The molecule has 0 saturated carbocycles. The van der Waals surface area contributed by atoms with E-state index in [-0.39, 0.29) is 16.0 Å². The second-order valence-electron chi connectivity index (χ2n) is 6.23. The molecule has 0 aliphatic rings. The molecule has 2 aromatic rings. The molecule has 0 fully saturated rings. The van der Waals surface area contributed by atoms with E-state index in [1.807, 2.05) is 6.92 Å². The minimum absolute atomic E-state index is 0.0431. The molecule has 0 aliphatic carbocycles. The van der Waals surface area contributed by atoms with Gasteiger partial charge in [-0.05, 0) is 38.0 Å². The van der Waals surface area contributed by atoms with E-state index in [9.17, 15) is 18.0 Å². The molecule has 0 spiro atoms. The average molecular weight is 379 g/mol. The summed E-state index contributed by atoms with van der Waals surface area (Å²) in [6.07, 6.45) is 4.36. The number of unbranched alkanes of at least 4 members (excludes halogenated alkanes) is 1. The van der Waals surface area contributed by atoms with Crippen molar-refractivity contribution in [3.05, 3.63) is 45.4 Å². The molecule has 0 atom stereocenters. The molecule has 0 saturated heterocycles. The van der Waals surface area contributed by atoms with Crippen molar-refractivity contribution >= 4 is 21.3 Å². The van der Waals surface area contributed by atoms with Crippen LogP contribution in [0.3, 0.4) is 0 Å². The zero-order valence-corrected chi connectivity index (χ0v) is 16.4. The predicted octanol–water partition coefficient (Wildman–Crippen LogP) is 2.35. The summed E-state index contributed by atoms with van der Waals surface area (Å²) in [5.41, 5.74) is 0.928. The Bertz CT molecular complexity index is 971. The maximum Gasteiger partial charge on any atom is 0.277 e. The SMILES string of the molecule is CCCCNc1c(S(C)(=O)=O)ccc(C(=O)c2c[nH]n(CC)c2=O)c1C. The molecule has 2 rings (SSSR count). The van der Waals surface area contributed by atoms with Gasteiger partial charge in [0.2, 0.25) is 5.78 Å². The van der Waals surface area contributed by atoms with E-state index < -0.39 is 15.6 Å². The lowest BCUT2D eigenvalue weighted by molar-refractivity contribution is 0.103. The van der Waals surface area contributed by atoms with Crippen LogP contribution in [0, 0.1) is 6.92 Å². The van der Waals surface area contributed by atoms with Gasteiger partial charge < -0.3 is 10.4 Å². The smallest absolute Gasteiger partial charge is 0.277 e. The van der Waals surface area contributed by atoms with Gasteiger partial charge in [0.05, 0.1) is 10.6 Å². The average Bonchev–Trinajstić information content (AvgIpc) is 2.95. The monoisotopic (exact) mass is 379 g/mol. The standard InChI is InChI=1S/C18H25N3O4S/c1-5-7-10-19-16-12(3)13(8-9-15(16)26(4,24)25)17(22)14-11-20-21(6-2)18(14)23/h8-9,11,19-20H,5-7,10H2,1-4H3. The summed E-state index contributed by atoms with van der Waals surface area (Å²) < 4.78 is 25.5. The van der Waals surface area contributed by atoms with Crippen molar-refractivity contribution in [3.63, 3.8) is 0 Å². The summed E-state index contributed by atoms with van der Waals surface area (Å²) >= 11 is 0. The Morgan fingerprint density at radius 3 is 2.46 bits per heavy atom. The van der Waals surface area contributed by atoms with Crippen molar-refractivity contribution in [2.24, 2.45) is 0 Å². The molecular formula is C18H25N3O4S. The van der Waals surface area contributed by atoms with Crippen LogP contribution in [0.25, 0.3) is 0 Å². The largest absolute Gasteiger partial charge is 0.384 e. The van der Waals surface area contributed by atoms with Crippen LogP contribution in [0.4, 0.5) is 5.69 Å². The van der Waals surface area contributed by atoms with E-state index in [2.05, 4.69) is 10.4 Å². The quantitative estimate of drug-likeness (QED) is 0.542. The highest BCUT2D eigenvalue weighted by atomic mass is 32.2. The van der Waals surface area contributed by atoms with Gasteiger partial charge in [0.1, 0.15) is 5.56 Å². The van der Waals surface area contributed by atoms with Crippen molar-refractivity contribution in [1.82, 2.24) is 9.78 Å². The molecule has 0 radical (unpaired) electrons. The molecule has 26 heavy (non-hydrogen) atoms. The number of aromatic amines is 1. The van der Waals surface area contributed by atoms with Gasteiger partial charge in [-0.3, -0.25) is 14.3 Å². The first-order chi connectivity index (χ1) is 12.2. The Kier molecular flexibility index (Phi) is 6.07. The number of hydrogen-bond donors (Lipinski definition) is 2. The fourth-order valence-electron chi connectivity index (χ4n) is 2.80. The van der Waals surface area contributed by atoms with Crippen LogP contribution >= 0.6 is 0 Å². The Labute approximate surface area is 153 Å². The second-order valence-corrected chi connectivity index (χ2v) is 8.21. The molecule has 1 aromatic heterocycles. The number of rotatable bonds is 8.